The van der Waals surface area contributed by atoms with Crippen LogP contribution in [0.5, 0.6) is 0 Å². The van der Waals surface area contributed by atoms with Crippen molar-refractivity contribution in [3.63, 3.8) is 0 Å². The second-order valence-corrected chi connectivity index (χ2v) is 10.3. The summed E-state index contributed by atoms with van der Waals surface area (Å²) in [4.78, 5) is 21.4. The molecule has 4 aromatic rings. The van der Waals surface area contributed by atoms with Crippen LogP contribution in [0.25, 0.3) is 22.0 Å². The zero-order valence-corrected chi connectivity index (χ0v) is 19.4. The van der Waals surface area contributed by atoms with Crippen molar-refractivity contribution >= 4 is 32.3 Å². The number of hydrogen-bond donors (Lipinski definition) is 3. The molecule has 1 unspecified atom stereocenters. The number of benzene rings is 2. The Morgan fingerprint density at radius 2 is 1.85 bits per heavy atom. The molecule has 3 heterocycles. The summed E-state index contributed by atoms with van der Waals surface area (Å²) < 4.78 is 20.1. The van der Waals surface area contributed by atoms with Gasteiger partial charge < -0.3 is 5.32 Å². The van der Waals surface area contributed by atoms with Crippen molar-refractivity contribution in [1.82, 2.24) is 9.97 Å². The lowest BCUT2D eigenvalue weighted by Gasteiger charge is -2.14. The lowest BCUT2D eigenvalue weighted by molar-refractivity contribution is -0.119. The molecule has 0 spiro atoms. The summed E-state index contributed by atoms with van der Waals surface area (Å²) in [5, 5.41) is 10.2. The highest BCUT2D eigenvalue weighted by atomic mass is 32.2. The van der Waals surface area contributed by atoms with Crippen LogP contribution in [0.15, 0.2) is 71.9 Å². The zero-order chi connectivity index (χ0) is 24.1. The van der Waals surface area contributed by atoms with Crippen molar-refractivity contribution in [2.75, 3.05) is 5.32 Å². The quantitative estimate of drug-likeness (QED) is 0.382. The van der Waals surface area contributed by atoms with Gasteiger partial charge in [-0.3, -0.25) is 9.78 Å². The van der Waals surface area contributed by atoms with Gasteiger partial charge in [0.05, 0.1) is 16.0 Å². The number of hydrogen-bond acceptors (Lipinski definition) is 5. The molecule has 4 N–H and O–H groups in total. The van der Waals surface area contributed by atoms with Gasteiger partial charge in [-0.25, -0.2) is 19.1 Å². The van der Waals surface area contributed by atoms with E-state index in [0.29, 0.717) is 17.0 Å². The summed E-state index contributed by atoms with van der Waals surface area (Å²) in [6.45, 7) is 3.79. The van der Waals surface area contributed by atoms with E-state index in [1.165, 1.54) is 0 Å². The molecule has 168 valence electrons. The van der Waals surface area contributed by atoms with Gasteiger partial charge in [-0.2, -0.15) is 0 Å². The molecule has 8 heteroatoms. The maximum Gasteiger partial charge on any atom is 0.234 e. The molecule has 1 atom stereocenters. The predicted molar refractivity (Wildman–Crippen MR) is 132 cm³/mol. The minimum Gasteiger partial charge on any atom is -0.325 e. The topological polar surface area (TPSA) is 122 Å². The summed E-state index contributed by atoms with van der Waals surface area (Å²) in [5.41, 5.74) is 3.54. The first-order valence-corrected chi connectivity index (χ1v) is 12.2. The van der Waals surface area contributed by atoms with Gasteiger partial charge in [0, 0.05) is 40.0 Å². The van der Waals surface area contributed by atoms with Crippen molar-refractivity contribution in [2.24, 2.45) is 5.14 Å². The molecule has 1 amide bonds. The summed E-state index contributed by atoms with van der Waals surface area (Å²) in [6, 6.07) is 16.2. The Labute approximate surface area is 197 Å². The Kier molecular flexibility index (Phi) is 4.97. The van der Waals surface area contributed by atoms with Crippen molar-refractivity contribution in [3.05, 3.63) is 83.8 Å². The number of rotatable bonds is 2. The van der Waals surface area contributed by atoms with Crippen molar-refractivity contribution < 1.29 is 9.00 Å². The number of pyridine rings is 2. The van der Waals surface area contributed by atoms with Gasteiger partial charge in [0.2, 0.25) is 5.91 Å². The number of anilines is 1. The second kappa shape index (κ2) is 7.76. The normalized spacial score (nSPS) is 15.7. The van der Waals surface area contributed by atoms with E-state index in [1.54, 1.807) is 36.7 Å². The first-order valence-electron chi connectivity index (χ1n) is 10.5. The van der Waals surface area contributed by atoms with Gasteiger partial charge in [0.25, 0.3) is 0 Å². The van der Waals surface area contributed by atoms with E-state index >= 15 is 0 Å². The molecule has 2 aromatic heterocycles. The number of carbonyl (C=O) groups excluding carboxylic acids is 1. The van der Waals surface area contributed by atoms with Crippen LogP contribution in [0.1, 0.15) is 30.7 Å². The molecule has 0 fully saturated rings. The Morgan fingerprint density at radius 3 is 2.65 bits per heavy atom. The lowest BCUT2D eigenvalue weighted by Crippen LogP contribution is -2.26. The Balaban J connectivity index is 1.59. The van der Waals surface area contributed by atoms with Gasteiger partial charge in [-0.15, -0.1) is 0 Å². The van der Waals surface area contributed by atoms with E-state index in [4.69, 9.17) is 9.92 Å². The van der Waals surface area contributed by atoms with Gasteiger partial charge in [-0.1, -0.05) is 30.2 Å². The van der Waals surface area contributed by atoms with E-state index in [9.17, 15) is 9.00 Å². The van der Waals surface area contributed by atoms with Crippen molar-refractivity contribution in [1.29, 1.82) is 4.78 Å². The third kappa shape index (κ3) is 3.71. The van der Waals surface area contributed by atoms with Crippen LogP contribution >= 0.6 is 0 Å². The van der Waals surface area contributed by atoms with Crippen LogP contribution in [-0.4, -0.2) is 20.1 Å². The van der Waals surface area contributed by atoms with Crippen LogP contribution in [0.4, 0.5) is 5.69 Å². The third-order valence-corrected chi connectivity index (χ3v) is 6.98. The molecular formula is C26H21N5O2S. The summed E-state index contributed by atoms with van der Waals surface area (Å²) in [7, 11) is -3.42. The van der Waals surface area contributed by atoms with Crippen LogP contribution in [0.3, 0.4) is 0 Å². The molecule has 7 nitrogen and oxygen atoms in total. The van der Waals surface area contributed by atoms with E-state index in [2.05, 4.69) is 27.1 Å². The number of nitrogens with two attached hydrogens (primary N) is 1. The van der Waals surface area contributed by atoms with Gasteiger partial charge in [-0.05, 0) is 55.7 Å². The molecule has 0 bridgehead atoms. The van der Waals surface area contributed by atoms with Crippen LogP contribution in [0, 0.1) is 16.6 Å². The largest absolute Gasteiger partial charge is 0.325 e. The molecule has 1 aliphatic rings. The second-order valence-electron chi connectivity index (χ2n) is 8.64. The first-order chi connectivity index (χ1) is 16.1. The molecule has 0 aliphatic carbocycles. The molecule has 1 aliphatic heterocycles. The number of nitrogens with zero attached hydrogens (tertiary/aromatic N) is 2. The molecule has 2 aromatic carbocycles. The summed E-state index contributed by atoms with van der Waals surface area (Å²) in [6.07, 6.45) is 3.37. The summed E-state index contributed by atoms with van der Waals surface area (Å²) >= 11 is 0. The molecular weight excluding hydrogens is 446 g/mol. The standard InChI is InChI=1S/C26H21N5O2S/c1-26(2)20-9-7-16(13-23(20)31-25(26)32)8-10-21-19-14-22(30-15-17(19)11-12-29-21)18-5-3-4-6-24(18)34(27,28)33/h3-7,9,11-15H,1-2H3,(H,31,32)(H3,27,28,33). The fourth-order valence-electron chi connectivity index (χ4n) is 4.06. The fraction of sp³-hybridized carbons (Fsp3) is 0.115. The monoisotopic (exact) mass is 467 g/mol. The zero-order valence-electron chi connectivity index (χ0n) is 18.5. The maximum atomic E-state index is 12.3. The minimum atomic E-state index is -3.42. The lowest BCUT2D eigenvalue weighted by atomic mass is 9.86. The highest BCUT2D eigenvalue weighted by Gasteiger charge is 2.38. The summed E-state index contributed by atoms with van der Waals surface area (Å²) in [5.74, 6) is 6.24. The van der Waals surface area contributed by atoms with E-state index in [0.717, 1.165) is 27.6 Å². The number of amides is 1. The molecule has 0 saturated heterocycles. The Bertz CT molecular complexity index is 1660. The first kappa shape index (κ1) is 21.8. The molecule has 34 heavy (non-hydrogen) atoms. The molecule has 5 rings (SSSR count). The van der Waals surface area contributed by atoms with E-state index in [1.807, 2.05) is 44.2 Å². The Hall–Kier alpha value is -4.06. The number of aromatic nitrogens is 2. The smallest absolute Gasteiger partial charge is 0.234 e. The Morgan fingerprint density at radius 1 is 1.06 bits per heavy atom. The van der Waals surface area contributed by atoms with Crippen LogP contribution in [0.2, 0.25) is 0 Å². The predicted octanol–water partition coefficient (Wildman–Crippen LogP) is 4.21. The maximum absolute atomic E-state index is 12.3. The molecule has 0 saturated carbocycles. The average Bonchev–Trinajstić information content (AvgIpc) is 3.04. The third-order valence-electron chi connectivity index (χ3n) is 5.97. The highest BCUT2D eigenvalue weighted by molar-refractivity contribution is 7.90. The van der Waals surface area contributed by atoms with Gasteiger partial charge in [0.1, 0.15) is 15.6 Å². The van der Waals surface area contributed by atoms with Crippen molar-refractivity contribution in [2.45, 2.75) is 24.2 Å². The van der Waals surface area contributed by atoms with Crippen LogP contribution in [-0.2, 0) is 20.1 Å². The minimum absolute atomic E-state index is 0.0299. The van der Waals surface area contributed by atoms with Crippen molar-refractivity contribution in [3.8, 4) is 23.1 Å². The highest BCUT2D eigenvalue weighted by Crippen LogP contribution is 2.37. The van der Waals surface area contributed by atoms with E-state index < -0.39 is 15.3 Å². The van der Waals surface area contributed by atoms with Crippen LogP contribution < -0.4 is 10.5 Å². The molecule has 0 radical (unpaired) electrons. The number of fused-ring (bicyclic) bond motifs is 2. The SMILES string of the molecule is CC1(C)C(=O)Nc2cc(C#Cc3nccc4cnc(-c5ccccc5S(=N)(N)=O)cc34)ccc21. The fourth-order valence-corrected chi connectivity index (χ4v) is 4.84. The number of carbonyl (C=O) groups is 1. The average molecular weight is 468 g/mol. The number of nitrogens with one attached hydrogen (secondary N) is 2. The van der Waals surface area contributed by atoms with Gasteiger partial charge in [0.15, 0.2) is 0 Å². The van der Waals surface area contributed by atoms with E-state index in [-0.39, 0.29) is 10.8 Å². The van der Waals surface area contributed by atoms with Gasteiger partial charge >= 0.3 is 0 Å².